The van der Waals surface area contributed by atoms with Crippen molar-refractivity contribution in [1.82, 2.24) is 0 Å². The molecule has 0 radical (unpaired) electrons. The van der Waals surface area contributed by atoms with Crippen LogP contribution < -0.4 is 5.73 Å². The van der Waals surface area contributed by atoms with Gasteiger partial charge in [0.2, 0.25) is 0 Å². The number of rotatable bonds is 1. The van der Waals surface area contributed by atoms with E-state index in [4.69, 9.17) is 18.0 Å². The lowest BCUT2D eigenvalue weighted by atomic mass is 10.2. The number of hydrogen-bond acceptors (Lipinski definition) is 2. The summed E-state index contributed by atoms with van der Waals surface area (Å²) in [5, 5.41) is 1.58. The number of anilines is 1. The lowest BCUT2D eigenvalue weighted by Gasteiger charge is -1.94. The highest BCUT2D eigenvalue weighted by Crippen LogP contribution is 2.06. The van der Waals surface area contributed by atoms with Gasteiger partial charge in [0.1, 0.15) is 0 Å². The Kier molecular flexibility index (Phi) is 1.80. The maximum Gasteiger partial charge on any atom is 0.0396 e. The van der Waals surface area contributed by atoms with Crippen LogP contribution in [0, 0.1) is 0 Å². The van der Waals surface area contributed by atoms with Crippen molar-refractivity contribution >= 4 is 23.3 Å². The highest BCUT2D eigenvalue weighted by molar-refractivity contribution is 7.79. The van der Waals surface area contributed by atoms with Gasteiger partial charge in [-0.15, -0.1) is 0 Å². The highest BCUT2D eigenvalue weighted by atomic mass is 32.1. The Bertz CT molecular complexity index is 220. The normalized spacial score (nSPS) is 8.89. The Balaban J connectivity index is 3.15. The predicted molar refractivity (Wildman–Crippen MR) is 43.6 cm³/mol. The molecule has 0 aromatic heterocycles. The third-order valence-corrected chi connectivity index (χ3v) is 1.38. The van der Waals surface area contributed by atoms with E-state index in [0.29, 0.717) is 0 Å². The Morgan fingerprint density at radius 1 is 1.33 bits per heavy atom. The van der Waals surface area contributed by atoms with E-state index in [1.54, 1.807) is 5.37 Å². The second kappa shape index (κ2) is 2.60. The summed E-state index contributed by atoms with van der Waals surface area (Å²) in [7, 11) is 0. The van der Waals surface area contributed by atoms with Gasteiger partial charge < -0.3 is 5.73 Å². The van der Waals surface area contributed by atoms with Crippen LogP contribution in [-0.4, -0.2) is 5.37 Å². The van der Waals surface area contributed by atoms with Gasteiger partial charge in [-0.1, -0.05) is 30.4 Å². The number of nitrogen functional groups attached to an aromatic ring is 1. The van der Waals surface area contributed by atoms with E-state index in [1.807, 2.05) is 24.3 Å². The third kappa shape index (κ3) is 1.27. The molecular weight excluding hydrogens is 130 g/mol. The van der Waals surface area contributed by atoms with Gasteiger partial charge in [0.15, 0.2) is 0 Å². The molecule has 0 aliphatic carbocycles. The minimum Gasteiger partial charge on any atom is -0.398 e. The smallest absolute Gasteiger partial charge is 0.0396 e. The zero-order valence-corrected chi connectivity index (χ0v) is 5.69. The number of hydrogen-bond donors (Lipinski definition) is 1. The van der Waals surface area contributed by atoms with Crippen LogP contribution in [0.15, 0.2) is 24.3 Å². The van der Waals surface area contributed by atoms with E-state index in [1.165, 1.54) is 0 Å². The minimum absolute atomic E-state index is 0.743. The Morgan fingerprint density at radius 3 is 2.44 bits per heavy atom. The largest absolute Gasteiger partial charge is 0.398 e. The molecule has 0 aliphatic rings. The first-order chi connectivity index (χ1) is 4.34. The van der Waals surface area contributed by atoms with Crippen LogP contribution >= 0.6 is 12.2 Å². The predicted octanol–water partition coefficient (Wildman–Crippen LogP) is 1.62. The molecule has 0 atom stereocenters. The standard InChI is InChI=1S/C7H7NS/c8-7-4-2-1-3-6(7)5-9/h1-5H,8H2. The fourth-order valence-corrected chi connectivity index (χ4v) is 0.833. The van der Waals surface area contributed by atoms with Crippen molar-refractivity contribution in [3.63, 3.8) is 0 Å². The fourth-order valence-electron chi connectivity index (χ4n) is 0.618. The first kappa shape index (κ1) is 6.23. The zero-order chi connectivity index (χ0) is 6.69. The molecule has 0 unspecified atom stereocenters. The van der Waals surface area contributed by atoms with E-state index in [-0.39, 0.29) is 0 Å². The summed E-state index contributed by atoms with van der Waals surface area (Å²) in [5.74, 6) is 0. The van der Waals surface area contributed by atoms with Gasteiger partial charge in [0, 0.05) is 16.6 Å². The van der Waals surface area contributed by atoms with Crippen LogP contribution in [-0.2, 0) is 0 Å². The molecule has 0 fully saturated rings. The van der Waals surface area contributed by atoms with Crippen molar-refractivity contribution < 1.29 is 0 Å². The van der Waals surface area contributed by atoms with E-state index in [9.17, 15) is 0 Å². The lowest BCUT2D eigenvalue weighted by Crippen LogP contribution is -1.89. The van der Waals surface area contributed by atoms with Crippen molar-refractivity contribution in [3.8, 4) is 0 Å². The first-order valence-corrected chi connectivity index (χ1v) is 3.11. The van der Waals surface area contributed by atoms with E-state index >= 15 is 0 Å². The van der Waals surface area contributed by atoms with Gasteiger partial charge in [-0.3, -0.25) is 0 Å². The van der Waals surface area contributed by atoms with Gasteiger partial charge in [-0.25, -0.2) is 0 Å². The quantitative estimate of drug-likeness (QED) is 0.470. The SMILES string of the molecule is Nc1ccccc1C=S. The second-order valence-corrected chi connectivity index (χ2v) is 1.98. The summed E-state index contributed by atoms with van der Waals surface area (Å²) in [5.41, 5.74) is 7.20. The number of benzene rings is 1. The van der Waals surface area contributed by atoms with Crippen LogP contribution in [0.2, 0.25) is 0 Å². The summed E-state index contributed by atoms with van der Waals surface area (Å²) in [6, 6.07) is 7.52. The molecule has 9 heavy (non-hydrogen) atoms. The molecular formula is C7H7NS. The Hall–Kier alpha value is -0.890. The molecule has 2 N–H and O–H groups in total. The molecule has 0 spiro atoms. The van der Waals surface area contributed by atoms with Crippen molar-refractivity contribution in [2.45, 2.75) is 0 Å². The summed E-state index contributed by atoms with van der Waals surface area (Å²) in [4.78, 5) is 0. The van der Waals surface area contributed by atoms with Gasteiger partial charge in [-0.2, -0.15) is 0 Å². The first-order valence-electron chi connectivity index (χ1n) is 2.64. The molecule has 2 heteroatoms. The minimum atomic E-state index is 0.743. The van der Waals surface area contributed by atoms with Crippen molar-refractivity contribution in [2.24, 2.45) is 0 Å². The Labute approximate surface area is 59.5 Å². The molecule has 0 saturated carbocycles. The number of para-hydroxylation sites is 1. The molecule has 1 aromatic carbocycles. The molecule has 0 bridgehead atoms. The average Bonchev–Trinajstić information content (AvgIpc) is 1.89. The van der Waals surface area contributed by atoms with E-state index < -0.39 is 0 Å². The Morgan fingerprint density at radius 2 is 2.00 bits per heavy atom. The van der Waals surface area contributed by atoms with Crippen LogP contribution in [0.4, 0.5) is 5.69 Å². The van der Waals surface area contributed by atoms with E-state index in [2.05, 4.69) is 0 Å². The van der Waals surface area contributed by atoms with Crippen molar-refractivity contribution in [1.29, 1.82) is 0 Å². The molecule has 0 saturated heterocycles. The topological polar surface area (TPSA) is 26.0 Å². The van der Waals surface area contributed by atoms with Crippen LogP contribution in [0.3, 0.4) is 0 Å². The number of nitrogens with two attached hydrogens (primary N) is 1. The number of thiocarbonyl (C=S) groups is 1. The van der Waals surface area contributed by atoms with Gasteiger partial charge in [0.25, 0.3) is 0 Å². The molecule has 0 heterocycles. The molecule has 0 aliphatic heterocycles. The summed E-state index contributed by atoms with van der Waals surface area (Å²) in [6.07, 6.45) is 0. The maximum atomic E-state index is 5.53. The average molecular weight is 137 g/mol. The second-order valence-electron chi connectivity index (χ2n) is 1.75. The van der Waals surface area contributed by atoms with Crippen LogP contribution in [0.25, 0.3) is 0 Å². The van der Waals surface area contributed by atoms with Gasteiger partial charge in [0.05, 0.1) is 0 Å². The zero-order valence-electron chi connectivity index (χ0n) is 4.87. The van der Waals surface area contributed by atoms with Gasteiger partial charge in [-0.05, 0) is 6.07 Å². The highest BCUT2D eigenvalue weighted by Gasteiger charge is 1.88. The van der Waals surface area contributed by atoms with Gasteiger partial charge >= 0.3 is 0 Å². The summed E-state index contributed by atoms with van der Waals surface area (Å²) in [6.45, 7) is 0. The van der Waals surface area contributed by atoms with Crippen LogP contribution in [0.1, 0.15) is 5.56 Å². The van der Waals surface area contributed by atoms with Crippen LogP contribution in [0.5, 0.6) is 0 Å². The molecule has 1 nitrogen and oxygen atoms in total. The monoisotopic (exact) mass is 137 g/mol. The lowest BCUT2D eigenvalue weighted by molar-refractivity contribution is 1.66. The molecule has 46 valence electrons. The molecule has 1 aromatic rings. The summed E-state index contributed by atoms with van der Waals surface area (Å²) < 4.78 is 0. The van der Waals surface area contributed by atoms with E-state index in [0.717, 1.165) is 11.3 Å². The maximum absolute atomic E-state index is 5.53. The third-order valence-electron chi connectivity index (χ3n) is 1.12. The van der Waals surface area contributed by atoms with Crippen molar-refractivity contribution in [2.75, 3.05) is 5.73 Å². The molecule has 1 rings (SSSR count). The van der Waals surface area contributed by atoms with Crippen molar-refractivity contribution in [3.05, 3.63) is 29.8 Å². The fraction of sp³-hybridized carbons (Fsp3) is 0. The summed E-state index contributed by atoms with van der Waals surface area (Å²) >= 11 is 4.70. The molecule has 0 amide bonds.